The third-order valence-electron chi connectivity index (χ3n) is 1.53. The Morgan fingerprint density at radius 1 is 1.36 bits per heavy atom. The molecule has 0 amide bonds. The number of H-pyrrole nitrogens is 1. The van der Waals surface area contributed by atoms with Crippen molar-refractivity contribution in [2.75, 3.05) is 0 Å². The van der Waals surface area contributed by atoms with Gasteiger partial charge in [-0.1, -0.05) is 0 Å². The van der Waals surface area contributed by atoms with E-state index in [9.17, 15) is 22.8 Å². The van der Waals surface area contributed by atoms with Gasteiger partial charge in [0.1, 0.15) is 9.26 Å². The van der Waals surface area contributed by atoms with Crippen LogP contribution in [0.25, 0.3) is 0 Å². The number of nitrogens with one attached hydrogen (secondary N) is 1. The Labute approximate surface area is 88.9 Å². The highest BCUT2D eigenvalue weighted by atomic mass is 127. The highest BCUT2D eigenvalue weighted by Crippen LogP contribution is 2.28. The molecule has 4 nitrogen and oxygen atoms in total. The van der Waals surface area contributed by atoms with Crippen molar-refractivity contribution >= 4 is 22.6 Å². The predicted octanol–water partition coefficient (Wildman–Crippen LogP) is 0.697. The smallest absolute Gasteiger partial charge is 0.302 e. The van der Waals surface area contributed by atoms with E-state index < -0.39 is 26.7 Å². The lowest BCUT2D eigenvalue weighted by Gasteiger charge is -2.08. The van der Waals surface area contributed by atoms with Crippen molar-refractivity contribution in [3.8, 4) is 0 Å². The maximum absolute atomic E-state index is 12.2. The molecule has 1 heterocycles. The Kier molecular flexibility index (Phi) is 2.74. The van der Waals surface area contributed by atoms with Crippen LogP contribution in [0.1, 0.15) is 5.69 Å². The number of alkyl halides is 3. The van der Waals surface area contributed by atoms with Crippen LogP contribution < -0.4 is 11.2 Å². The van der Waals surface area contributed by atoms with Crippen LogP contribution in [-0.2, 0) is 13.2 Å². The van der Waals surface area contributed by atoms with E-state index in [0.29, 0.717) is 4.57 Å². The van der Waals surface area contributed by atoms with Crippen molar-refractivity contribution in [1.29, 1.82) is 0 Å². The summed E-state index contributed by atoms with van der Waals surface area (Å²) < 4.78 is 36.7. The number of aromatic nitrogens is 2. The molecular formula is C6H4F3IN2O2. The summed E-state index contributed by atoms with van der Waals surface area (Å²) in [6.45, 7) is 0. The minimum atomic E-state index is -4.72. The van der Waals surface area contributed by atoms with Gasteiger partial charge in [0.25, 0.3) is 5.56 Å². The highest BCUT2D eigenvalue weighted by molar-refractivity contribution is 14.1. The SMILES string of the molecule is Cn1c(=O)[nH]c(C(F)(F)F)c(I)c1=O. The van der Waals surface area contributed by atoms with Crippen LogP contribution in [0.4, 0.5) is 13.2 Å². The van der Waals surface area contributed by atoms with E-state index >= 15 is 0 Å². The molecule has 0 bridgehead atoms. The fourth-order valence-corrected chi connectivity index (χ4v) is 1.59. The van der Waals surface area contributed by atoms with Gasteiger partial charge in [-0.25, -0.2) is 4.79 Å². The Morgan fingerprint density at radius 2 is 1.86 bits per heavy atom. The molecule has 1 aromatic rings. The fourth-order valence-electron chi connectivity index (χ4n) is 0.787. The summed E-state index contributed by atoms with van der Waals surface area (Å²) in [4.78, 5) is 23.6. The average molecular weight is 320 g/mol. The lowest BCUT2D eigenvalue weighted by Crippen LogP contribution is -2.37. The Morgan fingerprint density at radius 3 is 2.29 bits per heavy atom. The van der Waals surface area contributed by atoms with Crippen molar-refractivity contribution < 1.29 is 13.2 Å². The van der Waals surface area contributed by atoms with E-state index in [1.54, 1.807) is 4.98 Å². The molecule has 0 aliphatic carbocycles. The van der Waals surface area contributed by atoms with Crippen molar-refractivity contribution in [1.82, 2.24) is 9.55 Å². The quantitative estimate of drug-likeness (QED) is 0.716. The Bertz CT molecular complexity index is 473. The average Bonchev–Trinajstić information content (AvgIpc) is 2.06. The van der Waals surface area contributed by atoms with E-state index in [0.717, 1.165) is 7.05 Å². The third kappa shape index (κ3) is 1.83. The zero-order chi connectivity index (χ0) is 11.1. The molecule has 0 unspecified atom stereocenters. The monoisotopic (exact) mass is 320 g/mol. The van der Waals surface area contributed by atoms with Gasteiger partial charge in [-0.15, -0.1) is 0 Å². The van der Waals surface area contributed by atoms with Crippen LogP contribution in [0.2, 0.25) is 0 Å². The van der Waals surface area contributed by atoms with Crippen LogP contribution in [0, 0.1) is 3.57 Å². The van der Waals surface area contributed by atoms with Crippen molar-refractivity contribution in [2.24, 2.45) is 7.05 Å². The maximum atomic E-state index is 12.2. The number of rotatable bonds is 0. The molecule has 1 aromatic heterocycles. The summed E-state index contributed by atoms with van der Waals surface area (Å²) >= 11 is 1.25. The first-order valence-electron chi connectivity index (χ1n) is 3.31. The largest absolute Gasteiger partial charge is 0.432 e. The Balaban J connectivity index is 3.67. The van der Waals surface area contributed by atoms with Gasteiger partial charge in [-0.2, -0.15) is 13.2 Å². The maximum Gasteiger partial charge on any atom is 0.432 e. The molecule has 0 aliphatic rings. The highest BCUT2D eigenvalue weighted by Gasteiger charge is 2.36. The zero-order valence-electron chi connectivity index (χ0n) is 6.78. The van der Waals surface area contributed by atoms with Gasteiger partial charge < -0.3 is 4.98 Å². The first kappa shape index (κ1) is 11.3. The van der Waals surface area contributed by atoms with Gasteiger partial charge >= 0.3 is 11.9 Å². The summed E-state index contributed by atoms with van der Waals surface area (Å²) in [5.41, 5.74) is -3.34. The van der Waals surface area contributed by atoms with Crippen molar-refractivity contribution in [2.45, 2.75) is 6.18 Å². The van der Waals surface area contributed by atoms with Gasteiger partial charge in [-0.3, -0.25) is 9.36 Å². The fraction of sp³-hybridized carbons (Fsp3) is 0.333. The van der Waals surface area contributed by atoms with Gasteiger partial charge in [0, 0.05) is 7.05 Å². The summed E-state index contributed by atoms with van der Waals surface area (Å²) in [6.07, 6.45) is -4.72. The predicted molar refractivity (Wildman–Crippen MR) is 50.0 cm³/mol. The van der Waals surface area contributed by atoms with Gasteiger partial charge in [0.2, 0.25) is 0 Å². The number of halogens is 4. The first-order valence-corrected chi connectivity index (χ1v) is 4.39. The molecule has 0 aromatic carbocycles. The van der Waals surface area contributed by atoms with E-state index in [-0.39, 0.29) is 0 Å². The molecule has 0 atom stereocenters. The lowest BCUT2D eigenvalue weighted by molar-refractivity contribution is -0.142. The number of aromatic amines is 1. The molecule has 0 aliphatic heterocycles. The normalized spacial score (nSPS) is 11.8. The number of hydrogen-bond donors (Lipinski definition) is 1. The van der Waals surface area contributed by atoms with E-state index in [1.807, 2.05) is 0 Å². The van der Waals surface area contributed by atoms with Crippen LogP contribution >= 0.6 is 22.6 Å². The molecule has 78 valence electrons. The molecule has 14 heavy (non-hydrogen) atoms. The van der Waals surface area contributed by atoms with E-state index in [2.05, 4.69) is 0 Å². The summed E-state index contributed by atoms with van der Waals surface area (Å²) in [5.74, 6) is 0. The minimum absolute atomic E-state index is 0.544. The molecule has 0 spiro atoms. The topological polar surface area (TPSA) is 54.9 Å². The van der Waals surface area contributed by atoms with E-state index in [1.165, 1.54) is 22.6 Å². The zero-order valence-corrected chi connectivity index (χ0v) is 8.93. The molecule has 0 saturated heterocycles. The molecule has 8 heteroatoms. The second-order valence-corrected chi connectivity index (χ2v) is 3.56. The molecule has 0 fully saturated rings. The second-order valence-electron chi connectivity index (χ2n) is 2.48. The summed E-state index contributed by atoms with van der Waals surface area (Å²) in [7, 11) is 1.10. The number of nitrogens with zero attached hydrogens (tertiary/aromatic N) is 1. The molecule has 0 saturated carbocycles. The first-order chi connectivity index (χ1) is 6.25. The summed E-state index contributed by atoms with van der Waals surface area (Å²) in [5, 5.41) is 0. The number of hydrogen-bond acceptors (Lipinski definition) is 2. The van der Waals surface area contributed by atoms with Crippen molar-refractivity contribution in [3.63, 3.8) is 0 Å². The van der Waals surface area contributed by atoms with Gasteiger partial charge in [0.05, 0.1) is 0 Å². The summed E-state index contributed by atoms with van der Waals surface area (Å²) in [6, 6.07) is 0. The second kappa shape index (κ2) is 3.41. The molecule has 0 radical (unpaired) electrons. The van der Waals surface area contributed by atoms with Crippen LogP contribution in [0.5, 0.6) is 0 Å². The van der Waals surface area contributed by atoms with Gasteiger partial charge in [0.15, 0.2) is 0 Å². The Hall–Kier alpha value is -0.800. The van der Waals surface area contributed by atoms with Crippen LogP contribution in [0.15, 0.2) is 9.59 Å². The van der Waals surface area contributed by atoms with Crippen molar-refractivity contribution in [3.05, 3.63) is 30.1 Å². The van der Waals surface area contributed by atoms with Crippen LogP contribution in [-0.4, -0.2) is 9.55 Å². The third-order valence-corrected chi connectivity index (χ3v) is 2.53. The standard InChI is InChI=1S/C6H4F3IN2O2/c1-12-4(13)2(10)3(6(7,8)9)11-5(12)14/h1H3,(H,11,14). The molecule has 1 rings (SSSR count). The minimum Gasteiger partial charge on any atom is -0.302 e. The molecule has 1 N–H and O–H groups in total. The lowest BCUT2D eigenvalue weighted by atomic mass is 10.4. The molecular weight excluding hydrogens is 316 g/mol. The van der Waals surface area contributed by atoms with Crippen LogP contribution in [0.3, 0.4) is 0 Å². The van der Waals surface area contributed by atoms with Gasteiger partial charge in [-0.05, 0) is 22.6 Å². The van der Waals surface area contributed by atoms with E-state index in [4.69, 9.17) is 0 Å².